The van der Waals surface area contributed by atoms with E-state index in [1.165, 1.54) is 6.92 Å². The Balaban J connectivity index is 0.00000196. The molecule has 0 aromatic heterocycles. The smallest absolute Gasteiger partial charge is 0.622 e. The molecule has 0 aromatic rings. The van der Waals surface area contributed by atoms with E-state index in [0.717, 1.165) is 6.92 Å². The number of nitrogens with zero attached hydrogens (tertiary/aromatic N) is 2. The number of aliphatic carboxylic acids is 1. The Hall–Kier alpha value is -0.140. The summed E-state index contributed by atoms with van der Waals surface area (Å²) < 4.78 is 0.266. The third-order valence-electron chi connectivity index (χ3n) is 2.91. The molecule has 1 N–H and O–H groups in total. The van der Waals surface area contributed by atoms with Crippen molar-refractivity contribution in [3.05, 3.63) is 5.21 Å². The van der Waals surface area contributed by atoms with Crippen LogP contribution in [0.1, 0.15) is 27.7 Å². The second kappa shape index (κ2) is 4.03. The summed E-state index contributed by atoms with van der Waals surface area (Å²) in [4.78, 5) is 10.8. The van der Waals surface area contributed by atoms with Crippen molar-refractivity contribution in [2.24, 2.45) is 0 Å². The second-order valence-corrected chi connectivity index (χ2v) is 4.06. The molecule has 0 saturated heterocycles. The molecule has 1 unspecified atom stereocenters. The largest absolute Gasteiger partial charge is 1.00 e. The molecule has 0 aromatic carbocycles. The summed E-state index contributed by atoms with van der Waals surface area (Å²) in [6.07, 6.45) is 0. The molecule has 0 amide bonds. The van der Waals surface area contributed by atoms with Gasteiger partial charge in [-0.2, -0.15) is 4.74 Å². The quantitative estimate of drug-likeness (QED) is 0.278. The van der Waals surface area contributed by atoms with E-state index in [1.54, 1.807) is 13.8 Å². The van der Waals surface area contributed by atoms with Gasteiger partial charge in [-0.3, -0.25) is 0 Å². The number of hydrogen-bond donors (Lipinski definition) is 1. The van der Waals surface area contributed by atoms with Gasteiger partial charge < -0.3 is 20.3 Å². The van der Waals surface area contributed by atoms with Crippen LogP contribution in [0.25, 0.3) is 0 Å². The van der Waals surface area contributed by atoms with E-state index in [1.807, 2.05) is 0 Å². The first kappa shape index (κ1) is 14.9. The first-order valence-electron chi connectivity index (χ1n) is 4.19. The summed E-state index contributed by atoms with van der Waals surface area (Å²) >= 11 is 0. The fourth-order valence-corrected chi connectivity index (χ4v) is 1.53. The number of carboxylic acid groups (broad SMARTS) is 1. The predicted molar refractivity (Wildman–Crippen MR) is 45.4 cm³/mol. The second-order valence-electron chi connectivity index (χ2n) is 4.06. The summed E-state index contributed by atoms with van der Waals surface area (Å²) in [5, 5.41) is 32.5. The van der Waals surface area contributed by atoms with E-state index in [-0.39, 0.29) is 40.0 Å². The Morgan fingerprint density at radius 1 is 1.47 bits per heavy atom. The number of hydrogen-bond acceptors (Lipinski definition) is 5. The van der Waals surface area contributed by atoms with Crippen molar-refractivity contribution in [3.63, 3.8) is 0 Å². The van der Waals surface area contributed by atoms with Gasteiger partial charge in [0.1, 0.15) is 11.5 Å². The average molecular weight is 224 g/mol. The summed E-state index contributed by atoms with van der Waals surface area (Å²) in [6.45, 7) is 5.70. The molecule has 7 heteroatoms. The van der Waals surface area contributed by atoms with Crippen molar-refractivity contribution < 1.29 is 49.4 Å². The van der Waals surface area contributed by atoms with Crippen molar-refractivity contribution in [3.8, 4) is 0 Å². The van der Waals surface area contributed by atoms with Crippen molar-refractivity contribution in [2.75, 3.05) is 0 Å². The maximum absolute atomic E-state index is 11.6. The number of carboxylic acids is 1. The molecular weight excluding hydrogens is 211 g/mol. The van der Waals surface area contributed by atoms with Gasteiger partial charge in [0.05, 0.1) is 0 Å². The van der Waals surface area contributed by atoms with E-state index >= 15 is 0 Å². The Kier molecular flexibility index (Phi) is 3.99. The zero-order valence-electron chi connectivity index (χ0n) is 9.57. The molecule has 0 radical (unpaired) electrons. The Morgan fingerprint density at radius 3 is 2.00 bits per heavy atom. The van der Waals surface area contributed by atoms with Crippen LogP contribution in [-0.4, -0.2) is 37.9 Å². The van der Waals surface area contributed by atoms with E-state index in [0.29, 0.717) is 5.06 Å². The predicted octanol–water partition coefficient (Wildman–Crippen LogP) is -4.09. The van der Waals surface area contributed by atoms with Crippen molar-refractivity contribution >= 4 is 11.7 Å². The summed E-state index contributed by atoms with van der Waals surface area (Å²) in [5.74, 6) is -1.63. The number of carbonyl (C=O) groups excluding carboxylic acids is 1. The van der Waals surface area contributed by atoms with Crippen molar-refractivity contribution in [1.82, 2.24) is 5.06 Å². The zero-order valence-corrected chi connectivity index (χ0v) is 11.6. The van der Waals surface area contributed by atoms with Crippen LogP contribution >= 0.6 is 0 Å². The number of rotatable bonds is 1. The van der Waals surface area contributed by atoms with Gasteiger partial charge in [0.25, 0.3) is 5.66 Å². The zero-order chi connectivity index (χ0) is 11.3. The molecule has 0 bridgehead atoms. The third-order valence-corrected chi connectivity index (χ3v) is 2.91. The van der Waals surface area contributed by atoms with Crippen molar-refractivity contribution in [1.29, 1.82) is 0 Å². The van der Waals surface area contributed by atoms with E-state index in [9.17, 15) is 20.3 Å². The molecule has 0 saturated carbocycles. The van der Waals surface area contributed by atoms with Crippen LogP contribution in [0.15, 0.2) is 0 Å². The van der Waals surface area contributed by atoms with Crippen LogP contribution in [0.4, 0.5) is 0 Å². The molecule has 1 aliphatic rings. The molecule has 6 nitrogen and oxygen atoms in total. The fraction of sp³-hybridized carbons (Fsp3) is 0.750. The molecule has 1 rings (SSSR count). The maximum Gasteiger partial charge on any atom is 1.00 e. The van der Waals surface area contributed by atoms with Gasteiger partial charge in [-0.1, -0.05) is 0 Å². The average Bonchev–Trinajstić information content (AvgIpc) is 2.21. The first-order chi connectivity index (χ1) is 6.16. The number of hydroxylamine groups is 3. The molecule has 15 heavy (non-hydrogen) atoms. The van der Waals surface area contributed by atoms with Gasteiger partial charge in [-0.15, -0.1) is 5.06 Å². The van der Waals surface area contributed by atoms with Gasteiger partial charge >= 0.3 is 29.6 Å². The maximum atomic E-state index is 11.6. The topological polar surface area (TPSA) is 89.7 Å². The molecule has 0 fully saturated rings. The van der Waals surface area contributed by atoms with Crippen molar-refractivity contribution in [2.45, 2.75) is 38.9 Å². The van der Waals surface area contributed by atoms with Crippen LogP contribution in [0.2, 0.25) is 0 Å². The Bertz CT molecular complexity index is 329. The molecule has 1 heterocycles. The molecular formula is C8H13N2NaO4. The normalized spacial score (nSPS) is 30.2. The van der Waals surface area contributed by atoms with Gasteiger partial charge in [0, 0.05) is 13.8 Å². The number of carbonyl (C=O) groups is 1. The van der Waals surface area contributed by atoms with E-state index in [4.69, 9.17) is 0 Å². The minimum atomic E-state index is -2.05. The van der Waals surface area contributed by atoms with Gasteiger partial charge in [-0.25, -0.2) is 0 Å². The van der Waals surface area contributed by atoms with Crippen LogP contribution in [-0.2, 0) is 4.79 Å². The van der Waals surface area contributed by atoms with E-state index < -0.39 is 17.2 Å². The standard InChI is InChI=1S/C8H14N2O4.Na/c1-5-7(2,3)10(14)8(4,6(11)12)9(5)13;/h14H,1-4H3,(H,11,12);/q;+1/p-1. The SMILES string of the molecule is CC1=[N+]([O-])C(C)(C(=O)[O-])N(O)C1(C)C.[Na+]. The summed E-state index contributed by atoms with van der Waals surface area (Å²) in [7, 11) is 0. The molecule has 0 aliphatic carbocycles. The molecule has 80 valence electrons. The van der Waals surface area contributed by atoms with Crippen LogP contribution in [0.3, 0.4) is 0 Å². The molecule has 0 spiro atoms. The van der Waals surface area contributed by atoms with Gasteiger partial charge in [-0.05, 0) is 13.8 Å². The minimum absolute atomic E-state index is 0. The van der Waals surface area contributed by atoms with E-state index in [2.05, 4.69) is 0 Å². The fourth-order valence-electron chi connectivity index (χ4n) is 1.53. The third kappa shape index (κ3) is 1.70. The Labute approximate surface area is 110 Å². The Morgan fingerprint density at radius 2 is 1.87 bits per heavy atom. The minimum Gasteiger partial charge on any atom is -0.622 e. The van der Waals surface area contributed by atoms with Crippen LogP contribution in [0, 0.1) is 5.21 Å². The van der Waals surface area contributed by atoms with Gasteiger partial charge in [0.2, 0.25) is 0 Å². The van der Waals surface area contributed by atoms with Crippen LogP contribution in [0.5, 0.6) is 0 Å². The monoisotopic (exact) mass is 224 g/mol. The summed E-state index contributed by atoms with van der Waals surface area (Å²) in [5.41, 5.74) is -2.82. The first-order valence-corrected chi connectivity index (χ1v) is 4.19. The van der Waals surface area contributed by atoms with Gasteiger partial charge in [0.15, 0.2) is 5.71 Å². The molecule has 1 atom stereocenters. The van der Waals surface area contributed by atoms with Crippen LogP contribution < -0.4 is 34.7 Å². The molecule has 1 aliphatic heterocycles. The summed E-state index contributed by atoms with van der Waals surface area (Å²) in [6, 6.07) is 0.